The van der Waals surface area contributed by atoms with Crippen LogP contribution in [0.2, 0.25) is 8.87 Å². The first-order valence-corrected chi connectivity index (χ1v) is 16.9. The molecule has 2 amide bonds. The monoisotopic (exact) mass is 536 g/mol. The predicted molar refractivity (Wildman–Crippen MR) is 124 cm³/mol. The van der Waals surface area contributed by atoms with Crippen molar-refractivity contribution in [1.29, 1.82) is 0 Å². The van der Waals surface area contributed by atoms with E-state index in [2.05, 4.69) is 24.8 Å². The summed E-state index contributed by atoms with van der Waals surface area (Å²) in [6.07, 6.45) is 3.62. The molecule has 2 aromatic carbocycles. The molecule has 0 aliphatic heterocycles. The predicted octanol–water partition coefficient (Wildman–Crippen LogP) is 3.92. The van der Waals surface area contributed by atoms with Gasteiger partial charge in [-0.2, -0.15) is 0 Å². The molecule has 0 fully saturated rings. The fourth-order valence-electron chi connectivity index (χ4n) is 3.04. The van der Waals surface area contributed by atoms with E-state index < -0.39 is 31.0 Å². The van der Waals surface area contributed by atoms with Gasteiger partial charge in [0.25, 0.3) is 0 Å². The second-order valence-electron chi connectivity index (χ2n) is 7.36. The minimum atomic E-state index is -3.92. The molecule has 0 unspecified atom stereocenters. The van der Waals surface area contributed by atoms with Crippen LogP contribution in [0.15, 0.2) is 48.5 Å². The molecule has 2 aromatic rings. The number of para-hydroxylation sites is 2. The van der Waals surface area contributed by atoms with Crippen LogP contribution in [0.5, 0.6) is 0 Å². The van der Waals surface area contributed by atoms with Crippen LogP contribution in [-0.4, -0.2) is 31.0 Å². The number of anilines is 2. The van der Waals surface area contributed by atoms with Gasteiger partial charge in [-0.3, -0.25) is 0 Å². The molecule has 0 spiro atoms. The van der Waals surface area contributed by atoms with Gasteiger partial charge < -0.3 is 0 Å². The zero-order valence-corrected chi connectivity index (χ0v) is 21.0. The van der Waals surface area contributed by atoms with Gasteiger partial charge >= 0.3 is 189 Å². The number of unbranched alkanes of at least 4 members (excludes halogenated alkanes) is 2. The number of amides is 2. The fourth-order valence-corrected chi connectivity index (χ4v) is 11.7. The summed E-state index contributed by atoms with van der Waals surface area (Å²) in [5.41, 5.74) is 18.3. The number of hydroxylamine groups is 2. The van der Waals surface area contributed by atoms with Gasteiger partial charge in [0.2, 0.25) is 0 Å². The molecule has 6 N–H and O–H groups in total. The SMILES string of the molecule is CCC[CH2][Sn]([CH2]CCC)([O]NC(=O)c1ccccc1N)[O]NC(=O)c1ccccc1N. The molecule has 9 heteroatoms. The van der Waals surface area contributed by atoms with Crippen LogP contribution in [-0.2, 0) is 6.35 Å². The first kappa shape index (κ1) is 25.0. The Morgan fingerprint density at radius 3 is 1.52 bits per heavy atom. The van der Waals surface area contributed by atoms with E-state index in [0.29, 0.717) is 31.4 Å². The zero-order valence-electron chi connectivity index (χ0n) is 18.1. The molecule has 0 saturated carbocycles. The standard InChI is InChI=1S/2C7H7N2O2.2C4H9.Sn/c2*8-6-4-2-1-3-5(6)7(10)9-11;2*1-3-4-2;/h2*1-4H,(H3-,8,9,10,11);2*1,3-4H2,2H3;/q2*-1;;;+2. The van der Waals surface area contributed by atoms with Crippen LogP contribution in [0.1, 0.15) is 60.2 Å². The van der Waals surface area contributed by atoms with Gasteiger partial charge in [-0.1, -0.05) is 0 Å². The van der Waals surface area contributed by atoms with E-state index in [0.717, 1.165) is 25.7 Å². The van der Waals surface area contributed by atoms with Crippen LogP contribution < -0.4 is 22.4 Å². The summed E-state index contributed by atoms with van der Waals surface area (Å²) in [5.74, 6) is -0.871. The minimum absolute atomic E-state index is 0.328. The third kappa shape index (κ3) is 7.41. The Morgan fingerprint density at radius 2 is 1.16 bits per heavy atom. The van der Waals surface area contributed by atoms with Crippen molar-refractivity contribution in [3.8, 4) is 0 Å². The van der Waals surface area contributed by atoms with Crippen molar-refractivity contribution in [2.75, 3.05) is 11.5 Å². The second kappa shape index (κ2) is 12.5. The quantitative estimate of drug-likeness (QED) is 0.185. The van der Waals surface area contributed by atoms with E-state index in [-0.39, 0.29) is 0 Å². The molecular weight excluding hydrogens is 503 g/mol. The topological polar surface area (TPSA) is 129 Å². The third-order valence-corrected chi connectivity index (χ3v) is 14.0. The number of hydrogen-bond acceptors (Lipinski definition) is 6. The van der Waals surface area contributed by atoms with Gasteiger partial charge in [0.1, 0.15) is 0 Å². The molecule has 0 heterocycles. The van der Waals surface area contributed by atoms with E-state index in [1.54, 1.807) is 48.5 Å². The average molecular weight is 535 g/mol. The van der Waals surface area contributed by atoms with E-state index in [1.807, 2.05) is 0 Å². The Balaban J connectivity index is 2.16. The normalized spacial score (nSPS) is 11.2. The van der Waals surface area contributed by atoms with Crippen LogP contribution in [0.3, 0.4) is 0 Å². The molecule has 8 nitrogen and oxygen atoms in total. The summed E-state index contributed by atoms with van der Waals surface area (Å²) in [4.78, 5) is 25.2. The molecule has 0 aliphatic rings. The maximum atomic E-state index is 12.6. The van der Waals surface area contributed by atoms with Crippen molar-refractivity contribution < 1.29 is 15.9 Å². The summed E-state index contributed by atoms with van der Waals surface area (Å²) in [6.45, 7) is 4.14. The van der Waals surface area contributed by atoms with Crippen molar-refractivity contribution in [3.05, 3.63) is 59.7 Å². The molecule has 168 valence electrons. The molecule has 0 bridgehead atoms. The molecule has 2 rings (SSSR count). The van der Waals surface area contributed by atoms with Gasteiger partial charge in [-0.05, 0) is 0 Å². The van der Waals surface area contributed by atoms with Crippen molar-refractivity contribution in [2.45, 2.75) is 48.4 Å². The Hall–Kier alpha value is -2.30. The van der Waals surface area contributed by atoms with Gasteiger partial charge in [-0.25, -0.2) is 0 Å². The maximum absolute atomic E-state index is 12.6. The summed E-state index contributed by atoms with van der Waals surface area (Å²) in [7, 11) is 0. The summed E-state index contributed by atoms with van der Waals surface area (Å²) < 4.78 is 13.4. The van der Waals surface area contributed by atoms with E-state index in [4.69, 9.17) is 17.8 Å². The van der Waals surface area contributed by atoms with Crippen molar-refractivity contribution in [1.82, 2.24) is 11.0 Å². The molecular formula is C22H32N4O4Sn. The van der Waals surface area contributed by atoms with Crippen LogP contribution >= 0.6 is 0 Å². The Kier molecular flexibility index (Phi) is 10.1. The number of nitrogens with one attached hydrogen (secondary N) is 2. The number of carbonyl (C=O) groups is 2. The first-order valence-electron chi connectivity index (χ1n) is 10.6. The first-order chi connectivity index (χ1) is 14.9. The average Bonchev–Trinajstić information content (AvgIpc) is 2.78. The Labute approximate surface area is 188 Å². The molecule has 31 heavy (non-hydrogen) atoms. The number of nitrogens with two attached hydrogens (primary N) is 2. The molecule has 0 saturated heterocycles. The zero-order chi connectivity index (χ0) is 22.7. The molecule has 0 aromatic heterocycles. The number of benzene rings is 2. The van der Waals surface area contributed by atoms with E-state index in [1.165, 1.54) is 0 Å². The number of hydrogen-bond donors (Lipinski definition) is 4. The van der Waals surface area contributed by atoms with Crippen molar-refractivity contribution in [3.63, 3.8) is 0 Å². The summed E-state index contributed by atoms with van der Waals surface area (Å²) in [6, 6.07) is 13.5. The Morgan fingerprint density at radius 1 is 0.774 bits per heavy atom. The van der Waals surface area contributed by atoms with Gasteiger partial charge in [-0.15, -0.1) is 0 Å². The van der Waals surface area contributed by atoms with Crippen LogP contribution in [0, 0.1) is 0 Å². The van der Waals surface area contributed by atoms with Crippen molar-refractivity contribution in [2.24, 2.45) is 0 Å². The molecule has 0 atom stereocenters. The second-order valence-corrected chi connectivity index (χ2v) is 16.6. The molecule has 0 aliphatic carbocycles. The number of carbonyl (C=O) groups excluding carboxylic acids is 2. The van der Waals surface area contributed by atoms with Gasteiger partial charge in [0.05, 0.1) is 0 Å². The van der Waals surface area contributed by atoms with Gasteiger partial charge in [0, 0.05) is 0 Å². The number of rotatable bonds is 12. The number of nitrogen functional groups attached to an aromatic ring is 2. The summed E-state index contributed by atoms with van der Waals surface area (Å²) in [5, 5.41) is 0. The molecule has 0 radical (unpaired) electrons. The fraction of sp³-hybridized carbons (Fsp3) is 0.364. The van der Waals surface area contributed by atoms with E-state index in [9.17, 15) is 9.59 Å². The van der Waals surface area contributed by atoms with E-state index >= 15 is 0 Å². The third-order valence-electron chi connectivity index (χ3n) is 4.89. The van der Waals surface area contributed by atoms with Crippen LogP contribution in [0.4, 0.5) is 11.4 Å². The Bertz CT molecular complexity index is 807. The van der Waals surface area contributed by atoms with Crippen molar-refractivity contribution >= 4 is 42.4 Å². The summed E-state index contributed by atoms with van der Waals surface area (Å²) >= 11 is -3.92. The van der Waals surface area contributed by atoms with Crippen LogP contribution in [0.25, 0.3) is 0 Å². The van der Waals surface area contributed by atoms with Gasteiger partial charge in [0.15, 0.2) is 0 Å².